The molecule has 1 aromatic carbocycles. The summed E-state index contributed by atoms with van der Waals surface area (Å²) < 4.78 is 0. The van der Waals surface area contributed by atoms with Crippen LogP contribution >= 0.6 is 0 Å². The zero-order valence-electron chi connectivity index (χ0n) is 10.1. The summed E-state index contributed by atoms with van der Waals surface area (Å²) in [4.78, 5) is 10.7. The maximum atomic E-state index is 10.7. The van der Waals surface area contributed by atoms with Gasteiger partial charge in [-0.25, -0.2) is 4.79 Å². The summed E-state index contributed by atoms with van der Waals surface area (Å²) >= 11 is 0. The molecular weight excluding hydrogens is 230 g/mol. The highest BCUT2D eigenvalue weighted by Gasteiger charge is 2.02. The molecule has 0 atom stereocenters. The lowest BCUT2D eigenvalue weighted by atomic mass is 10.1. The molecule has 0 amide bonds. The fourth-order valence-electron chi connectivity index (χ4n) is 1.66. The van der Waals surface area contributed by atoms with E-state index in [4.69, 9.17) is 5.11 Å². The largest absolute Gasteiger partial charge is 0.478 e. The first-order valence-corrected chi connectivity index (χ1v) is 5.68. The average molecular weight is 245 g/mol. The number of aromatic amines is 1. The van der Waals surface area contributed by atoms with Crippen molar-refractivity contribution < 1.29 is 9.90 Å². The molecule has 0 aliphatic rings. The number of carboxylic acids is 1. The summed E-state index contributed by atoms with van der Waals surface area (Å²) in [6.07, 6.45) is 1.80. The van der Waals surface area contributed by atoms with E-state index >= 15 is 0 Å². The third-order valence-electron chi connectivity index (χ3n) is 2.78. The summed E-state index contributed by atoms with van der Waals surface area (Å²) in [6, 6.07) is 6.86. The molecule has 0 fully saturated rings. The molecule has 5 heteroatoms. The molecular formula is C13H15N3O2. The SMILES string of the molecule is Cc1[nH]ncc1CNCc1ccc(C(=O)O)cc1. The third kappa shape index (κ3) is 2.95. The number of benzene rings is 1. The first-order valence-electron chi connectivity index (χ1n) is 5.68. The van der Waals surface area contributed by atoms with E-state index in [1.54, 1.807) is 18.3 Å². The Morgan fingerprint density at radius 1 is 1.33 bits per heavy atom. The topological polar surface area (TPSA) is 78.0 Å². The minimum atomic E-state index is -0.900. The zero-order chi connectivity index (χ0) is 13.0. The van der Waals surface area contributed by atoms with Crippen LogP contribution in [-0.2, 0) is 13.1 Å². The minimum absolute atomic E-state index is 0.310. The van der Waals surface area contributed by atoms with Crippen LogP contribution in [0.25, 0.3) is 0 Å². The van der Waals surface area contributed by atoms with Crippen molar-refractivity contribution in [1.82, 2.24) is 15.5 Å². The second-order valence-corrected chi connectivity index (χ2v) is 4.13. The van der Waals surface area contributed by atoms with Gasteiger partial charge < -0.3 is 10.4 Å². The molecule has 1 heterocycles. The van der Waals surface area contributed by atoms with Crippen molar-refractivity contribution in [3.05, 3.63) is 52.8 Å². The first kappa shape index (κ1) is 12.3. The molecule has 94 valence electrons. The molecule has 18 heavy (non-hydrogen) atoms. The lowest BCUT2D eigenvalue weighted by Crippen LogP contribution is -2.13. The molecule has 5 nitrogen and oxygen atoms in total. The van der Waals surface area contributed by atoms with Crippen molar-refractivity contribution in [3.8, 4) is 0 Å². The van der Waals surface area contributed by atoms with Crippen LogP contribution < -0.4 is 5.32 Å². The van der Waals surface area contributed by atoms with Crippen molar-refractivity contribution in [2.75, 3.05) is 0 Å². The molecule has 0 aliphatic heterocycles. The number of H-pyrrole nitrogens is 1. The molecule has 0 radical (unpaired) electrons. The molecule has 3 N–H and O–H groups in total. The van der Waals surface area contributed by atoms with Crippen LogP contribution in [0.5, 0.6) is 0 Å². The normalized spacial score (nSPS) is 10.5. The second kappa shape index (κ2) is 5.46. The van der Waals surface area contributed by atoms with E-state index < -0.39 is 5.97 Å². The number of hydrogen-bond acceptors (Lipinski definition) is 3. The Kier molecular flexibility index (Phi) is 3.74. The highest BCUT2D eigenvalue weighted by Crippen LogP contribution is 2.06. The van der Waals surface area contributed by atoms with E-state index in [0.717, 1.165) is 23.4 Å². The van der Waals surface area contributed by atoms with Crippen LogP contribution in [0.1, 0.15) is 27.2 Å². The summed E-state index contributed by atoms with van der Waals surface area (Å²) in [5.74, 6) is -0.900. The monoisotopic (exact) mass is 245 g/mol. The predicted molar refractivity (Wildman–Crippen MR) is 67.3 cm³/mol. The predicted octanol–water partition coefficient (Wildman–Crippen LogP) is 1.71. The summed E-state index contributed by atoms with van der Waals surface area (Å²) in [6.45, 7) is 3.42. The number of nitrogens with one attached hydrogen (secondary N) is 2. The van der Waals surface area contributed by atoms with E-state index in [1.165, 1.54) is 0 Å². The summed E-state index contributed by atoms with van der Waals surface area (Å²) in [7, 11) is 0. The number of nitrogens with zero attached hydrogens (tertiary/aromatic N) is 1. The fourth-order valence-corrected chi connectivity index (χ4v) is 1.66. The molecule has 0 unspecified atom stereocenters. The number of carbonyl (C=O) groups is 1. The maximum absolute atomic E-state index is 10.7. The Labute approximate surface area is 105 Å². The maximum Gasteiger partial charge on any atom is 0.335 e. The van der Waals surface area contributed by atoms with Gasteiger partial charge >= 0.3 is 5.97 Å². The van der Waals surface area contributed by atoms with Gasteiger partial charge in [0.25, 0.3) is 0 Å². The Morgan fingerprint density at radius 3 is 2.61 bits per heavy atom. The molecule has 0 saturated heterocycles. The van der Waals surface area contributed by atoms with Gasteiger partial charge in [-0.1, -0.05) is 12.1 Å². The Balaban J connectivity index is 1.87. The number of aromatic carboxylic acids is 1. The van der Waals surface area contributed by atoms with E-state index in [2.05, 4.69) is 15.5 Å². The van der Waals surface area contributed by atoms with E-state index in [9.17, 15) is 4.79 Å². The van der Waals surface area contributed by atoms with Crippen molar-refractivity contribution in [2.45, 2.75) is 20.0 Å². The van der Waals surface area contributed by atoms with Crippen LogP contribution in [0, 0.1) is 6.92 Å². The Hall–Kier alpha value is -2.14. The van der Waals surface area contributed by atoms with Gasteiger partial charge in [-0.3, -0.25) is 5.10 Å². The van der Waals surface area contributed by atoms with Gasteiger partial charge in [0.15, 0.2) is 0 Å². The first-order chi connectivity index (χ1) is 8.66. The Bertz CT molecular complexity index is 531. The van der Waals surface area contributed by atoms with Crippen LogP contribution in [0.3, 0.4) is 0 Å². The molecule has 2 rings (SSSR count). The van der Waals surface area contributed by atoms with Crippen molar-refractivity contribution in [1.29, 1.82) is 0 Å². The third-order valence-corrected chi connectivity index (χ3v) is 2.78. The van der Waals surface area contributed by atoms with Gasteiger partial charge in [0.2, 0.25) is 0 Å². The van der Waals surface area contributed by atoms with Gasteiger partial charge in [0.1, 0.15) is 0 Å². The van der Waals surface area contributed by atoms with Crippen LogP contribution in [0.2, 0.25) is 0 Å². The van der Waals surface area contributed by atoms with Crippen molar-refractivity contribution >= 4 is 5.97 Å². The lowest BCUT2D eigenvalue weighted by molar-refractivity contribution is 0.0697. The number of aromatic nitrogens is 2. The number of aryl methyl sites for hydroxylation is 1. The minimum Gasteiger partial charge on any atom is -0.478 e. The molecule has 0 saturated carbocycles. The number of hydrogen-bond donors (Lipinski definition) is 3. The van der Waals surface area contributed by atoms with Crippen molar-refractivity contribution in [2.24, 2.45) is 0 Å². The zero-order valence-corrected chi connectivity index (χ0v) is 10.1. The summed E-state index contributed by atoms with van der Waals surface area (Å²) in [5.41, 5.74) is 3.56. The standard InChI is InChI=1S/C13H15N3O2/c1-9-12(8-15-16-9)7-14-6-10-2-4-11(5-3-10)13(17)18/h2-5,8,14H,6-7H2,1H3,(H,15,16)(H,17,18). The van der Waals surface area contributed by atoms with E-state index in [1.807, 2.05) is 19.1 Å². The molecule has 0 bridgehead atoms. The van der Waals surface area contributed by atoms with Crippen LogP contribution in [0.15, 0.2) is 30.5 Å². The van der Waals surface area contributed by atoms with Gasteiger partial charge in [0, 0.05) is 24.3 Å². The van der Waals surface area contributed by atoms with Gasteiger partial charge in [-0.15, -0.1) is 0 Å². The van der Waals surface area contributed by atoms with E-state index in [-0.39, 0.29) is 0 Å². The van der Waals surface area contributed by atoms with Gasteiger partial charge in [0.05, 0.1) is 11.8 Å². The quantitative estimate of drug-likeness (QED) is 0.749. The molecule has 0 spiro atoms. The fraction of sp³-hybridized carbons (Fsp3) is 0.231. The lowest BCUT2D eigenvalue weighted by Gasteiger charge is -2.04. The van der Waals surface area contributed by atoms with Crippen molar-refractivity contribution in [3.63, 3.8) is 0 Å². The molecule has 1 aromatic heterocycles. The van der Waals surface area contributed by atoms with Crippen LogP contribution in [0.4, 0.5) is 0 Å². The van der Waals surface area contributed by atoms with Crippen LogP contribution in [-0.4, -0.2) is 21.3 Å². The smallest absolute Gasteiger partial charge is 0.335 e. The molecule has 2 aromatic rings. The summed E-state index contributed by atoms with van der Waals surface area (Å²) in [5, 5.41) is 18.9. The highest BCUT2D eigenvalue weighted by molar-refractivity contribution is 5.87. The number of carboxylic acid groups (broad SMARTS) is 1. The van der Waals surface area contributed by atoms with Gasteiger partial charge in [-0.05, 0) is 24.6 Å². The average Bonchev–Trinajstić information content (AvgIpc) is 2.76. The number of rotatable bonds is 5. The Morgan fingerprint density at radius 2 is 2.06 bits per heavy atom. The van der Waals surface area contributed by atoms with E-state index in [0.29, 0.717) is 12.1 Å². The van der Waals surface area contributed by atoms with Gasteiger partial charge in [-0.2, -0.15) is 5.10 Å². The second-order valence-electron chi connectivity index (χ2n) is 4.13. The molecule has 0 aliphatic carbocycles. The highest BCUT2D eigenvalue weighted by atomic mass is 16.4.